The number of anilines is 1. The third-order valence-electron chi connectivity index (χ3n) is 5.11. The number of rotatable bonds is 4. The first-order valence-electron chi connectivity index (χ1n) is 9.18. The van der Waals surface area contributed by atoms with Gasteiger partial charge in [-0.15, -0.1) is 0 Å². The molecule has 1 aromatic rings. The van der Waals surface area contributed by atoms with Crippen LogP contribution < -0.4 is 9.64 Å². The number of carbonyl (C=O) groups excluding carboxylic acids is 3. The number of morpholine rings is 1. The maximum atomic E-state index is 12.5. The average molecular weight is 388 g/mol. The van der Waals surface area contributed by atoms with Gasteiger partial charge in [0.1, 0.15) is 5.75 Å². The second-order valence-corrected chi connectivity index (χ2v) is 6.71. The van der Waals surface area contributed by atoms with E-state index in [0.29, 0.717) is 39.4 Å². The first kappa shape index (κ1) is 18.4. The topological polar surface area (TPSA) is 94.8 Å². The quantitative estimate of drug-likeness (QED) is 0.509. The largest absolute Gasteiger partial charge is 0.502 e. The molecule has 3 aliphatic heterocycles. The van der Waals surface area contributed by atoms with Crippen molar-refractivity contribution < 1.29 is 28.6 Å². The molecule has 3 amide bonds. The average Bonchev–Trinajstić information content (AvgIpc) is 3.16. The number of methoxy groups -OCH3 is 1. The van der Waals surface area contributed by atoms with Crippen molar-refractivity contribution in [1.82, 2.24) is 9.80 Å². The molecule has 1 aromatic carbocycles. The van der Waals surface area contributed by atoms with Gasteiger partial charge < -0.3 is 19.3 Å². The van der Waals surface area contributed by atoms with Crippen LogP contribution in [0, 0.1) is 0 Å². The molecule has 2 saturated heterocycles. The van der Waals surface area contributed by atoms with Crippen LogP contribution in [-0.4, -0.2) is 91.6 Å². The smallest absolute Gasteiger partial charge is 0.497 e. The molecule has 10 heteroatoms. The van der Waals surface area contributed by atoms with Gasteiger partial charge in [0.2, 0.25) is 0 Å². The third-order valence-corrected chi connectivity index (χ3v) is 5.11. The number of amides is 3. The van der Waals surface area contributed by atoms with Crippen LogP contribution in [0.1, 0.15) is 0 Å². The van der Waals surface area contributed by atoms with Gasteiger partial charge in [0.05, 0.1) is 20.3 Å². The summed E-state index contributed by atoms with van der Waals surface area (Å²) in [5, 5.41) is 4.42. The second kappa shape index (κ2) is 7.55. The highest BCUT2D eigenvalue weighted by atomic mass is 16.5. The normalized spacial score (nSPS) is 22.2. The molecule has 0 spiro atoms. The molecular formula is C18H22N5O5+. The molecule has 0 bridgehead atoms. The van der Waals surface area contributed by atoms with Gasteiger partial charge in [0.25, 0.3) is 18.7 Å². The van der Waals surface area contributed by atoms with Crippen molar-refractivity contribution in [1.29, 1.82) is 0 Å². The van der Waals surface area contributed by atoms with Crippen molar-refractivity contribution in [3.05, 3.63) is 24.3 Å². The van der Waals surface area contributed by atoms with Gasteiger partial charge in [-0.1, -0.05) is 0 Å². The molecule has 10 nitrogen and oxygen atoms in total. The molecule has 0 saturated carbocycles. The monoisotopic (exact) mass is 388 g/mol. The van der Waals surface area contributed by atoms with Crippen LogP contribution in [0.2, 0.25) is 0 Å². The molecule has 148 valence electrons. The number of nitrogens with zero attached hydrogens (tertiary/aromatic N) is 5. The van der Waals surface area contributed by atoms with Gasteiger partial charge in [-0.2, -0.15) is 0 Å². The first-order chi connectivity index (χ1) is 13.6. The summed E-state index contributed by atoms with van der Waals surface area (Å²) in [6.45, 7) is 2.59. The summed E-state index contributed by atoms with van der Waals surface area (Å²) in [5.74, 6) is -0.916. The number of hydrogen-bond donors (Lipinski definition) is 0. The number of azo groups is 2. The molecule has 3 heterocycles. The predicted molar refractivity (Wildman–Crippen MR) is 95.8 cm³/mol. The van der Waals surface area contributed by atoms with E-state index in [9.17, 15) is 14.4 Å². The highest BCUT2D eigenvalue weighted by Crippen LogP contribution is 2.28. The molecule has 0 aromatic heterocycles. The lowest BCUT2D eigenvalue weighted by Crippen LogP contribution is -2.54. The second-order valence-electron chi connectivity index (χ2n) is 6.71. The molecule has 4 rings (SSSR count). The van der Waals surface area contributed by atoms with Gasteiger partial charge in [-0.05, 0) is 29.0 Å². The highest BCUT2D eigenvalue weighted by Gasteiger charge is 2.50. The van der Waals surface area contributed by atoms with Crippen LogP contribution in [0.5, 0.6) is 5.75 Å². The zero-order valence-electron chi connectivity index (χ0n) is 15.6. The van der Waals surface area contributed by atoms with Crippen molar-refractivity contribution in [2.45, 2.75) is 6.29 Å². The van der Waals surface area contributed by atoms with Crippen LogP contribution in [0.4, 0.5) is 5.69 Å². The lowest BCUT2D eigenvalue weighted by Gasteiger charge is -2.28. The van der Waals surface area contributed by atoms with Gasteiger partial charge in [0.15, 0.2) is 0 Å². The van der Waals surface area contributed by atoms with Gasteiger partial charge in [-0.3, -0.25) is 14.5 Å². The van der Waals surface area contributed by atoms with Gasteiger partial charge in [0, 0.05) is 37.0 Å². The predicted octanol–water partition coefficient (Wildman–Crippen LogP) is -0.509. The Morgan fingerprint density at radius 2 is 1.82 bits per heavy atom. The first-order valence-corrected chi connectivity index (χ1v) is 9.18. The van der Waals surface area contributed by atoms with Crippen LogP contribution in [0.25, 0.3) is 0 Å². The lowest BCUT2D eigenvalue weighted by atomic mass is 10.3. The Morgan fingerprint density at radius 3 is 2.50 bits per heavy atom. The Hall–Kier alpha value is -3.01. The van der Waals surface area contributed by atoms with Crippen LogP contribution in [0.15, 0.2) is 29.4 Å². The Kier molecular flexibility index (Phi) is 4.95. The molecule has 2 fully saturated rings. The fraction of sp³-hybridized carbons (Fsp3) is 0.500. The molecule has 1 atom stereocenters. The summed E-state index contributed by atoms with van der Waals surface area (Å²) >= 11 is 0. The fourth-order valence-corrected chi connectivity index (χ4v) is 3.55. The van der Waals surface area contributed by atoms with Gasteiger partial charge in [-0.25, -0.2) is 4.79 Å². The van der Waals surface area contributed by atoms with Crippen LogP contribution in [0.3, 0.4) is 0 Å². The Balaban J connectivity index is 1.56. The zero-order chi connectivity index (χ0) is 19.7. The van der Waals surface area contributed by atoms with E-state index in [0.717, 1.165) is 16.1 Å². The molecule has 0 N–H and O–H groups in total. The van der Waals surface area contributed by atoms with E-state index in [1.165, 1.54) is 4.90 Å². The molecule has 3 aliphatic rings. The minimum Gasteiger partial charge on any atom is -0.497 e. The molecular weight excluding hydrogens is 366 g/mol. The molecule has 0 aliphatic carbocycles. The Morgan fingerprint density at radius 1 is 1.14 bits per heavy atom. The van der Waals surface area contributed by atoms with E-state index in [1.807, 2.05) is 29.2 Å². The van der Waals surface area contributed by atoms with Crippen LogP contribution in [-0.2, 0) is 19.1 Å². The Bertz CT molecular complexity index is 818. The maximum absolute atomic E-state index is 12.5. The third kappa shape index (κ3) is 3.31. The van der Waals surface area contributed by atoms with Crippen molar-refractivity contribution >= 4 is 23.4 Å². The number of hydrogen-bond acceptors (Lipinski definition) is 7. The van der Waals surface area contributed by atoms with E-state index in [-0.39, 0.29) is 12.5 Å². The van der Waals surface area contributed by atoms with Crippen molar-refractivity contribution in [3.63, 3.8) is 0 Å². The SMILES string of the molecule is COc1ccc(N2CCN3C(=O)C(=O)[N+](CC(=O)N4CCOCC4)=NC32)cc1. The minimum atomic E-state index is -0.769. The van der Waals surface area contributed by atoms with E-state index < -0.39 is 18.1 Å². The molecule has 1 unspecified atom stereocenters. The summed E-state index contributed by atoms with van der Waals surface area (Å²) in [5.41, 5.74) is 0.860. The summed E-state index contributed by atoms with van der Waals surface area (Å²) in [6.07, 6.45) is -0.643. The standard InChI is InChI=1S/C18H22N5O5/c1-27-14-4-2-13(3-5-14)21-6-7-22-16(25)17(26)23(19-18(21)22)12-15(24)20-8-10-28-11-9-20/h2-5,18H,6-12H2,1H3/q+1. The zero-order valence-corrected chi connectivity index (χ0v) is 15.6. The molecule has 0 radical (unpaired) electrons. The highest BCUT2D eigenvalue weighted by molar-refractivity contribution is 6.31. The van der Waals surface area contributed by atoms with Gasteiger partial charge >= 0.3 is 11.8 Å². The maximum Gasteiger partial charge on any atom is 0.502 e. The van der Waals surface area contributed by atoms with E-state index in [2.05, 4.69) is 5.11 Å². The number of fused-ring (bicyclic) bond motifs is 1. The van der Waals surface area contributed by atoms with E-state index >= 15 is 0 Å². The number of carbonyl (C=O) groups is 3. The van der Waals surface area contributed by atoms with Crippen molar-refractivity contribution in [2.24, 2.45) is 5.11 Å². The lowest BCUT2D eigenvalue weighted by molar-refractivity contribution is -0.510. The van der Waals surface area contributed by atoms with Crippen molar-refractivity contribution in [3.8, 4) is 5.75 Å². The van der Waals surface area contributed by atoms with E-state index in [1.54, 1.807) is 12.0 Å². The van der Waals surface area contributed by atoms with E-state index in [4.69, 9.17) is 9.47 Å². The summed E-state index contributed by atoms with van der Waals surface area (Å²) in [7, 11) is 1.59. The molecule has 28 heavy (non-hydrogen) atoms. The summed E-state index contributed by atoms with van der Waals surface area (Å²) < 4.78 is 11.4. The Labute approximate surface area is 161 Å². The summed E-state index contributed by atoms with van der Waals surface area (Å²) in [6, 6.07) is 7.41. The van der Waals surface area contributed by atoms with Crippen LogP contribution >= 0.6 is 0 Å². The fourth-order valence-electron chi connectivity index (χ4n) is 3.55. The number of ether oxygens (including phenoxy) is 2. The summed E-state index contributed by atoms with van der Waals surface area (Å²) in [4.78, 5) is 42.4. The number of benzene rings is 1. The van der Waals surface area contributed by atoms with Crippen molar-refractivity contribution in [2.75, 3.05) is 57.9 Å². The minimum absolute atomic E-state index is 0.240.